The third kappa shape index (κ3) is 34.8. The minimum absolute atomic E-state index is 0.128. The maximum Gasteiger partial charge on any atom is 0.305 e. The van der Waals surface area contributed by atoms with E-state index in [1.54, 1.807) is 11.1 Å². The van der Waals surface area contributed by atoms with Gasteiger partial charge in [-0.05, 0) is 210 Å². The Bertz CT molecular complexity index is 2560. The van der Waals surface area contributed by atoms with Gasteiger partial charge in [-0.15, -0.1) is 0 Å². The van der Waals surface area contributed by atoms with E-state index in [0.717, 1.165) is 77.0 Å². The first kappa shape index (κ1) is 71.8. The number of aliphatic hydroxyl groups is 2. The highest BCUT2D eigenvalue weighted by molar-refractivity contribution is 5.69. The summed E-state index contributed by atoms with van der Waals surface area (Å²) in [6.07, 6.45) is 16.3. The van der Waals surface area contributed by atoms with Crippen LogP contribution in [0.15, 0.2) is 140 Å². The molecule has 0 bridgehead atoms. The summed E-state index contributed by atoms with van der Waals surface area (Å²) >= 11 is 0. The van der Waals surface area contributed by atoms with Gasteiger partial charge in [0.05, 0.1) is 25.4 Å². The Labute approximate surface area is 496 Å². The molecule has 8 nitrogen and oxygen atoms in total. The number of aryl methyl sites for hydroxylation is 12. The second-order valence-electron chi connectivity index (χ2n) is 24.3. The van der Waals surface area contributed by atoms with Crippen LogP contribution in [0.2, 0.25) is 0 Å². The van der Waals surface area contributed by atoms with Gasteiger partial charge in [-0.1, -0.05) is 187 Å². The van der Waals surface area contributed by atoms with Crippen LogP contribution < -0.4 is 0 Å². The summed E-state index contributed by atoms with van der Waals surface area (Å²) in [6, 6.07) is 49.1. The average molecular weight is 1120 g/mol. The fourth-order valence-electron chi connectivity index (χ4n) is 9.14. The van der Waals surface area contributed by atoms with E-state index in [4.69, 9.17) is 5.11 Å². The number of esters is 2. The van der Waals surface area contributed by atoms with E-state index < -0.39 is 17.2 Å². The monoisotopic (exact) mass is 1120 g/mol. The molecule has 0 aliphatic heterocycles. The Kier molecular flexibility index (Phi) is 33.6. The number of aliphatic carboxylic acids is 1. The minimum atomic E-state index is -0.716. The third-order valence-electron chi connectivity index (χ3n) is 14.4. The van der Waals surface area contributed by atoms with Gasteiger partial charge >= 0.3 is 17.9 Å². The number of hydrogen-bond acceptors (Lipinski definition) is 7. The smallest absolute Gasteiger partial charge is 0.305 e. The molecule has 0 radical (unpaired) electrons. The predicted molar refractivity (Wildman–Crippen MR) is 342 cm³/mol. The number of carboxylic acids is 1. The Morgan fingerprint density at radius 1 is 0.439 bits per heavy atom. The molecule has 0 saturated carbocycles. The molecule has 0 unspecified atom stereocenters. The first-order chi connectivity index (χ1) is 38.7. The first-order valence-electron chi connectivity index (χ1n) is 29.8. The van der Waals surface area contributed by atoms with Crippen molar-refractivity contribution in [3.63, 3.8) is 0 Å². The van der Waals surface area contributed by atoms with Gasteiger partial charge in [0, 0.05) is 19.3 Å². The number of ether oxygens (including phenoxy) is 2. The highest BCUT2D eigenvalue weighted by Crippen LogP contribution is 2.37. The lowest BCUT2D eigenvalue weighted by Crippen LogP contribution is -2.23. The molecule has 0 amide bonds. The van der Waals surface area contributed by atoms with E-state index in [2.05, 4.69) is 197 Å². The number of benzene rings is 6. The Balaban J connectivity index is 0.000000336. The van der Waals surface area contributed by atoms with E-state index in [1.807, 2.05) is 34.6 Å². The van der Waals surface area contributed by atoms with Gasteiger partial charge in [0.15, 0.2) is 0 Å². The van der Waals surface area contributed by atoms with Gasteiger partial charge in [0.1, 0.15) is 0 Å². The highest BCUT2D eigenvalue weighted by Gasteiger charge is 2.27. The maximum atomic E-state index is 10.8. The SMILES string of the molecule is COC(=O)CCCc1ccc(C)cc1.COC(=O)CCCc1ccc(C)cc1.Cc1ccc(CCCC(=O)O)cc1.Cc1ccc(CCCC(C)(C)O)cc1.Cc1ccc(CCCC(C)(C)O)cc1.Cc1ccc2c(c1)C(C)(C)CCC2. The first-order valence-corrected chi connectivity index (χ1v) is 29.8. The van der Waals surface area contributed by atoms with Crippen LogP contribution in [0.4, 0.5) is 0 Å². The molecule has 82 heavy (non-hydrogen) atoms. The second-order valence-corrected chi connectivity index (χ2v) is 24.3. The topological polar surface area (TPSA) is 130 Å². The average Bonchev–Trinajstić information content (AvgIpc) is 3.50. The fraction of sp³-hybridized carbons (Fsp3) is 0.473. The normalized spacial score (nSPS) is 12.0. The van der Waals surface area contributed by atoms with Crippen molar-refractivity contribution in [3.8, 4) is 0 Å². The fourth-order valence-corrected chi connectivity index (χ4v) is 9.14. The number of rotatable bonds is 20. The molecular formula is C74H104O8. The zero-order valence-electron chi connectivity index (χ0n) is 52.9. The van der Waals surface area contributed by atoms with Crippen molar-refractivity contribution in [2.45, 2.75) is 215 Å². The molecule has 7 rings (SSSR count). The zero-order chi connectivity index (χ0) is 61.1. The van der Waals surface area contributed by atoms with Gasteiger partial charge in [0.2, 0.25) is 0 Å². The van der Waals surface area contributed by atoms with Crippen molar-refractivity contribution in [3.05, 3.63) is 212 Å². The van der Waals surface area contributed by atoms with E-state index in [0.29, 0.717) is 18.3 Å². The molecule has 6 aromatic carbocycles. The standard InChI is InChI=1S/2C13H20O.C13H18.2C12H16O2.C11H14O2/c2*1-11-6-8-12(9-7-11)5-4-10-13(2,3)14;1-10-6-7-11-5-4-8-13(2,3)12(11)9-10;2*1-10-6-8-11(9-7-10)4-3-5-12(13)14-2;1-9-5-7-10(8-6-9)3-2-4-11(12)13/h2*6-9,14H,4-5,10H2,1-3H3;6-7,9H,4-5,8H2,1-3H3;2*6-9H,3-5H2,1-2H3;5-8H,2-4H2,1H3,(H,12,13). The van der Waals surface area contributed by atoms with Gasteiger partial charge in [-0.25, -0.2) is 0 Å². The van der Waals surface area contributed by atoms with Crippen molar-refractivity contribution in [1.82, 2.24) is 0 Å². The van der Waals surface area contributed by atoms with Crippen LogP contribution in [0.5, 0.6) is 0 Å². The molecule has 6 aromatic rings. The number of methoxy groups -OCH3 is 2. The van der Waals surface area contributed by atoms with Crippen LogP contribution in [-0.4, -0.2) is 58.6 Å². The number of carboxylic acid groups (broad SMARTS) is 1. The lowest BCUT2D eigenvalue weighted by atomic mass is 9.72. The Morgan fingerprint density at radius 3 is 1.00 bits per heavy atom. The van der Waals surface area contributed by atoms with Crippen molar-refractivity contribution < 1.29 is 39.2 Å². The van der Waals surface area contributed by atoms with Crippen molar-refractivity contribution in [1.29, 1.82) is 0 Å². The lowest BCUT2D eigenvalue weighted by Gasteiger charge is -2.32. The molecule has 0 fully saturated rings. The molecule has 0 heterocycles. The molecule has 448 valence electrons. The summed E-state index contributed by atoms with van der Waals surface area (Å²) < 4.78 is 9.14. The van der Waals surface area contributed by atoms with Gasteiger partial charge in [-0.2, -0.15) is 0 Å². The van der Waals surface area contributed by atoms with Crippen LogP contribution in [0, 0.1) is 41.5 Å². The summed E-state index contributed by atoms with van der Waals surface area (Å²) in [6.45, 7) is 24.7. The van der Waals surface area contributed by atoms with Crippen LogP contribution in [0.25, 0.3) is 0 Å². The van der Waals surface area contributed by atoms with Gasteiger partial charge in [-0.3, -0.25) is 14.4 Å². The molecule has 0 saturated heterocycles. The van der Waals surface area contributed by atoms with Crippen molar-refractivity contribution in [2.75, 3.05) is 14.2 Å². The summed E-state index contributed by atoms with van der Waals surface area (Å²) in [4.78, 5) is 31.9. The largest absolute Gasteiger partial charge is 0.481 e. The summed E-state index contributed by atoms with van der Waals surface area (Å²) in [5.74, 6) is -0.971. The van der Waals surface area contributed by atoms with E-state index in [9.17, 15) is 24.6 Å². The molecule has 1 aliphatic carbocycles. The number of fused-ring (bicyclic) bond motifs is 1. The highest BCUT2D eigenvalue weighted by atomic mass is 16.5. The van der Waals surface area contributed by atoms with Gasteiger partial charge < -0.3 is 24.8 Å². The van der Waals surface area contributed by atoms with Crippen LogP contribution in [0.3, 0.4) is 0 Å². The van der Waals surface area contributed by atoms with Crippen LogP contribution >= 0.6 is 0 Å². The second kappa shape index (κ2) is 38.4. The Morgan fingerprint density at radius 2 is 0.720 bits per heavy atom. The number of carbonyl (C=O) groups excluding carboxylic acids is 2. The maximum absolute atomic E-state index is 10.8. The van der Waals surface area contributed by atoms with E-state index in [-0.39, 0.29) is 18.4 Å². The molecule has 0 aromatic heterocycles. The summed E-state index contributed by atoms with van der Waals surface area (Å²) in [5.41, 5.74) is 16.8. The Hall–Kier alpha value is -6.35. The predicted octanol–water partition coefficient (Wildman–Crippen LogP) is 17.2. The number of carbonyl (C=O) groups is 3. The van der Waals surface area contributed by atoms with E-state index >= 15 is 0 Å². The van der Waals surface area contributed by atoms with Crippen LogP contribution in [0.1, 0.15) is 191 Å². The van der Waals surface area contributed by atoms with Crippen molar-refractivity contribution in [2.24, 2.45) is 0 Å². The molecule has 0 spiro atoms. The summed E-state index contributed by atoms with van der Waals surface area (Å²) in [7, 11) is 2.85. The molecule has 0 atom stereocenters. The van der Waals surface area contributed by atoms with Crippen molar-refractivity contribution >= 4 is 17.9 Å². The summed E-state index contributed by atoms with van der Waals surface area (Å²) in [5, 5.41) is 27.5. The quantitative estimate of drug-likeness (QED) is 0.0645. The molecule has 8 heteroatoms. The van der Waals surface area contributed by atoms with Crippen LogP contribution in [-0.2, 0) is 67.8 Å². The number of hydrogen-bond donors (Lipinski definition) is 3. The molecule has 3 N–H and O–H groups in total. The molecule has 1 aliphatic rings. The van der Waals surface area contributed by atoms with E-state index in [1.165, 1.54) is 94.7 Å². The zero-order valence-corrected chi connectivity index (χ0v) is 52.9. The van der Waals surface area contributed by atoms with Gasteiger partial charge in [0.25, 0.3) is 0 Å². The lowest BCUT2D eigenvalue weighted by molar-refractivity contribution is -0.141. The molecular weight excluding hydrogens is 1020 g/mol. The minimum Gasteiger partial charge on any atom is -0.481 e. The third-order valence-corrected chi connectivity index (χ3v) is 14.4.